The summed E-state index contributed by atoms with van der Waals surface area (Å²) in [6.45, 7) is 5.10. The van der Waals surface area contributed by atoms with Gasteiger partial charge in [0.1, 0.15) is 5.69 Å². The number of hydrogen-bond donors (Lipinski definition) is 1. The number of aromatic nitrogens is 2. The van der Waals surface area contributed by atoms with E-state index in [1.54, 1.807) is 12.1 Å². The Labute approximate surface area is 107 Å². The molecular formula is C14H16N4. The minimum absolute atomic E-state index is 0.516. The van der Waals surface area contributed by atoms with Gasteiger partial charge < -0.3 is 5.73 Å². The summed E-state index contributed by atoms with van der Waals surface area (Å²) < 4.78 is 1.86. The first kappa shape index (κ1) is 12.2. The summed E-state index contributed by atoms with van der Waals surface area (Å²) in [4.78, 5) is 0. The molecule has 0 atom stereocenters. The number of anilines is 1. The molecule has 0 aliphatic carbocycles. The predicted octanol–water partition coefficient (Wildman–Crippen LogP) is 2.66. The molecule has 0 spiro atoms. The molecule has 0 aliphatic heterocycles. The second-order valence-electron chi connectivity index (χ2n) is 4.74. The molecule has 0 unspecified atom stereocenters. The van der Waals surface area contributed by atoms with E-state index in [4.69, 9.17) is 11.0 Å². The number of benzene rings is 1. The van der Waals surface area contributed by atoms with Crippen molar-refractivity contribution in [2.24, 2.45) is 5.92 Å². The molecule has 4 nitrogen and oxygen atoms in total. The van der Waals surface area contributed by atoms with Crippen LogP contribution in [0, 0.1) is 17.2 Å². The molecule has 1 heterocycles. The molecule has 2 aromatic rings. The Morgan fingerprint density at radius 3 is 2.89 bits per heavy atom. The molecule has 0 saturated carbocycles. The monoisotopic (exact) mass is 240 g/mol. The van der Waals surface area contributed by atoms with Crippen molar-refractivity contribution in [2.75, 3.05) is 5.73 Å². The Morgan fingerprint density at radius 1 is 1.44 bits per heavy atom. The molecule has 0 saturated heterocycles. The predicted molar refractivity (Wildman–Crippen MR) is 71.6 cm³/mol. The molecule has 2 N–H and O–H groups in total. The molecule has 0 amide bonds. The number of hydrogen-bond acceptors (Lipinski definition) is 3. The van der Waals surface area contributed by atoms with Crippen LogP contribution in [-0.4, -0.2) is 9.78 Å². The Hall–Kier alpha value is -2.28. The summed E-state index contributed by atoms with van der Waals surface area (Å²) >= 11 is 0. The van der Waals surface area contributed by atoms with Gasteiger partial charge in [-0.05, 0) is 18.1 Å². The van der Waals surface area contributed by atoms with Crippen LogP contribution in [0.1, 0.15) is 19.4 Å². The summed E-state index contributed by atoms with van der Waals surface area (Å²) in [7, 11) is 0. The third-order valence-electron chi connectivity index (χ3n) is 2.61. The minimum Gasteiger partial charge on any atom is -0.396 e. The Balaban J connectivity index is 2.38. The van der Waals surface area contributed by atoms with Crippen LogP contribution in [0.4, 0.5) is 5.69 Å². The molecule has 0 radical (unpaired) electrons. The molecule has 1 aromatic carbocycles. The fourth-order valence-electron chi connectivity index (χ4n) is 1.86. The van der Waals surface area contributed by atoms with Gasteiger partial charge in [-0.25, -0.2) is 0 Å². The van der Waals surface area contributed by atoms with E-state index >= 15 is 0 Å². The SMILES string of the molecule is CC(C)Cn1cc(N)c(-c2cccc(C#N)c2)n1. The zero-order valence-corrected chi connectivity index (χ0v) is 10.6. The highest BCUT2D eigenvalue weighted by Crippen LogP contribution is 2.24. The number of nitrogen functional groups attached to an aromatic ring is 1. The highest BCUT2D eigenvalue weighted by molar-refractivity contribution is 5.72. The lowest BCUT2D eigenvalue weighted by atomic mass is 10.1. The highest BCUT2D eigenvalue weighted by atomic mass is 15.3. The van der Waals surface area contributed by atoms with Crippen molar-refractivity contribution >= 4 is 5.69 Å². The van der Waals surface area contributed by atoms with Crippen molar-refractivity contribution in [3.63, 3.8) is 0 Å². The van der Waals surface area contributed by atoms with Crippen molar-refractivity contribution < 1.29 is 0 Å². The summed E-state index contributed by atoms with van der Waals surface area (Å²) in [5.74, 6) is 0.516. The van der Waals surface area contributed by atoms with Crippen LogP contribution in [0.25, 0.3) is 11.3 Å². The molecule has 4 heteroatoms. The second-order valence-corrected chi connectivity index (χ2v) is 4.74. The standard InChI is InChI=1S/C14H16N4/c1-10(2)8-18-9-13(16)14(17-18)12-5-3-4-11(6-12)7-15/h3-6,9-10H,8,16H2,1-2H3. The van der Waals surface area contributed by atoms with Crippen LogP contribution >= 0.6 is 0 Å². The van der Waals surface area contributed by atoms with Crippen LogP contribution in [0.3, 0.4) is 0 Å². The number of rotatable bonds is 3. The molecule has 92 valence electrons. The van der Waals surface area contributed by atoms with Crippen LogP contribution in [0.15, 0.2) is 30.5 Å². The minimum atomic E-state index is 0.516. The lowest BCUT2D eigenvalue weighted by Gasteiger charge is -2.03. The number of nitrogens with two attached hydrogens (primary N) is 1. The topological polar surface area (TPSA) is 67.6 Å². The second kappa shape index (κ2) is 4.92. The maximum Gasteiger partial charge on any atom is 0.115 e. The maximum absolute atomic E-state index is 8.90. The van der Waals surface area contributed by atoms with Crippen molar-refractivity contribution in [1.29, 1.82) is 5.26 Å². The Kier molecular flexibility index (Phi) is 3.33. The molecule has 0 aliphatic rings. The van der Waals surface area contributed by atoms with E-state index in [9.17, 15) is 0 Å². The summed E-state index contributed by atoms with van der Waals surface area (Å²) in [6, 6.07) is 9.45. The highest BCUT2D eigenvalue weighted by Gasteiger charge is 2.09. The largest absolute Gasteiger partial charge is 0.396 e. The number of nitrogens with zero attached hydrogens (tertiary/aromatic N) is 3. The smallest absolute Gasteiger partial charge is 0.115 e. The third kappa shape index (κ3) is 2.51. The van der Waals surface area contributed by atoms with Gasteiger partial charge in [-0.3, -0.25) is 4.68 Å². The van der Waals surface area contributed by atoms with Gasteiger partial charge in [0.2, 0.25) is 0 Å². The van der Waals surface area contributed by atoms with E-state index < -0.39 is 0 Å². The van der Waals surface area contributed by atoms with Gasteiger partial charge in [-0.15, -0.1) is 0 Å². The lowest BCUT2D eigenvalue weighted by molar-refractivity contribution is 0.484. The van der Waals surface area contributed by atoms with E-state index in [1.807, 2.05) is 23.0 Å². The zero-order valence-electron chi connectivity index (χ0n) is 10.6. The van der Waals surface area contributed by atoms with E-state index in [-0.39, 0.29) is 0 Å². The van der Waals surface area contributed by atoms with Crippen molar-refractivity contribution in [1.82, 2.24) is 9.78 Å². The third-order valence-corrected chi connectivity index (χ3v) is 2.61. The zero-order chi connectivity index (χ0) is 13.1. The summed E-state index contributed by atoms with van der Waals surface area (Å²) in [5, 5.41) is 13.4. The van der Waals surface area contributed by atoms with Gasteiger partial charge in [0.15, 0.2) is 0 Å². The average Bonchev–Trinajstić information content (AvgIpc) is 2.69. The molecule has 1 aromatic heterocycles. The van der Waals surface area contributed by atoms with E-state index in [2.05, 4.69) is 25.0 Å². The lowest BCUT2D eigenvalue weighted by Crippen LogP contribution is -2.04. The first-order valence-corrected chi connectivity index (χ1v) is 5.93. The van der Waals surface area contributed by atoms with Gasteiger partial charge >= 0.3 is 0 Å². The van der Waals surface area contributed by atoms with Gasteiger partial charge in [0.25, 0.3) is 0 Å². The first-order valence-electron chi connectivity index (χ1n) is 5.93. The average molecular weight is 240 g/mol. The summed E-state index contributed by atoms with van der Waals surface area (Å²) in [6.07, 6.45) is 1.84. The van der Waals surface area contributed by atoms with Crippen LogP contribution in [-0.2, 0) is 6.54 Å². The Bertz CT molecular complexity index is 590. The van der Waals surface area contributed by atoms with Gasteiger partial charge in [-0.2, -0.15) is 10.4 Å². The van der Waals surface area contributed by atoms with Crippen LogP contribution in [0.5, 0.6) is 0 Å². The Morgan fingerprint density at radius 2 is 2.22 bits per heavy atom. The van der Waals surface area contributed by atoms with E-state index in [0.29, 0.717) is 17.2 Å². The number of nitriles is 1. The fraction of sp³-hybridized carbons (Fsp3) is 0.286. The first-order chi connectivity index (χ1) is 8.60. The summed E-state index contributed by atoms with van der Waals surface area (Å²) in [5.41, 5.74) is 8.86. The maximum atomic E-state index is 8.90. The molecule has 0 bridgehead atoms. The van der Waals surface area contributed by atoms with Gasteiger partial charge in [0.05, 0.1) is 17.3 Å². The van der Waals surface area contributed by atoms with Crippen molar-refractivity contribution in [2.45, 2.75) is 20.4 Å². The quantitative estimate of drug-likeness (QED) is 0.896. The van der Waals surface area contributed by atoms with Gasteiger partial charge in [-0.1, -0.05) is 26.0 Å². The van der Waals surface area contributed by atoms with E-state index in [0.717, 1.165) is 17.8 Å². The van der Waals surface area contributed by atoms with Crippen molar-refractivity contribution in [3.05, 3.63) is 36.0 Å². The molecule has 0 fully saturated rings. The van der Waals surface area contributed by atoms with Crippen molar-refractivity contribution in [3.8, 4) is 17.3 Å². The molecular weight excluding hydrogens is 224 g/mol. The fourth-order valence-corrected chi connectivity index (χ4v) is 1.86. The van der Waals surface area contributed by atoms with Crippen LogP contribution in [0.2, 0.25) is 0 Å². The van der Waals surface area contributed by atoms with Gasteiger partial charge in [0, 0.05) is 18.3 Å². The molecule has 18 heavy (non-hydrogen) atoms. The van der Waals surface area contributed by atoms with Crippen LogP contribution < -0.4 is 5.73 Å². The molecule has 2 rings (SSSR count). The normalized spacial score (nSPS) is 10.6. The van der Waals surface area contributed by atoms with E-state index in [1.165, 1.54) is 0 Å².